The first-order valence-corrected chi connectivity index (χ1v) is 4.91. The third kappa shape index (κ3) is 2.42. The van der Waals surface area contributed by atoms with Crippen LogP contribution in [0.3, 0.4) is 0 Å². The predicted octanol–water partition coefficient (Wildman–Crippen LogP) is 1.13. The predicted molar refractivity (Wildman–Crippen MR) is 52.9 cm³/mol. The molecule has 0 aromatic heterocycles. The molecule has 3 heteroatoms. The molecule has 78 valence electrons. The Kier molecular flexibility index (Phi) is 3.71. The fraction of sp³-hybridized carbons (Fsp3) is 1.00. The molecule has 1 aliphatic heterocycles. The monoisotopic (exact) mass is 187 g/mol. The summed E-state index contributed by atoms with van der Waals surface area (Å²) in [4.78, 5) is 2.23. The molecule has 13 heavy (non-hydrogen) atoms. The van der Waals surface area contributed by atoms with E-state index in [-0.39, 0.29) is 12.2 Å². The lowest BCUT2D eigenvalue weighted by Crippen LogP contribution is -2.53. The molecular formula is C10H21NO2. The summed E-state index contributed by atoms with van der Waals surface area (Å²) in [5.41, 5.74) is 0. The van der Waals surface area contributed by atoms with E-state index in [1.807, 2.05) is 0 Å². The van der Waals surface area contributed by atoms with Crippen LogP contribution < -0.4 is 0 Å². The van der Waals surface area contributed by atoms with E-state index in [0.29, 0.717) is 12.1 Å². The minimum atomic E-state index is 0.196. The summed E-state index contributed by atoms with van der Waals surface area (Å²) in [5.74, 6) is 0. The normalized spacial score (nSPS) is 41.1. The maximum atomic E-state index is 5.72. The number of nitrogens with zero attached hydrogens (tertiary/aromatic N) is 1. The van der Waals surface area contributed by atoms with Gasteiger partial charge in [-0.3, -0.25) is 0 Å². The Morgan fingerprint density at radius 3 is 2.38 bits per heavy atom. The largest absolute Gasteiger partial charge is 0.377 e. The van der Waals surface area contributed by atoms with Crippen LogP contribution in [0.15, 0.2) is 0 Å². The SMILES string of the molecule is COC1C(C)OC(C)CC1N(C)C. The van der Waals surface area contributed by atoms with Gasteiger partial charge < -0.3 is 14.4 Å². The van der Waals surface area contributed by atoms with Crippen molar-refractivity contribution in [3.63, 3.8) is 0 Å². The molecule has 0 N–H and O–H groups in total. The van der Waals surface area contributed by atoms with Gasteiger partial charge in [-0.25, -0.2) is 0 Å². The molecule has 1 rings (SSSR count). The Bertz CT molecular complexity index is 161. The number of rotatable bonds is 2. The first-order chi connectivity index (χ1) is 6.06. The average Bonchev–Trinajstić information content (AvgIpc) is 2.02. The smallest absolute Gasteiger partial charge is 0.0985 e. The first-order valence-electron chi connectivity index (χ1n) is 4.91. The molecule has 0 aromatic rings. The van der Waals surface area contributed by atoms with E-state index >= 15 is 0 Å². The van der Waals surface area contributed by atoms with Gasteiger partial charge in [0.15, 0.2) is 0 Å². The van der Waals surface area contributed by atoms with E-state index in [4.69, 9.17) is 9.47 Å². The number of ether oxygens (including phenoxy) is 2. The van der Waals surface area contributed by atoms with E-state index < -0.39 is 0 Å². The molecular weight excluding hydrogens is 166 g/mol. The molecule has 0 bridgehead atoms. The molecule has 0 saturated carbocycles. The quantitative estimate of drug-likeness (QED) is 0.647. The molecule has 1 heterocycles. The van der Waals surface area contributed by atoms with E-state index in [9.17, 15) is 0 Å². The van der Waals surface area contributed by atoms with Crippen LogP contribution in [-0.4, -0.2) is 50.5 Å². The summed E-state index contributed by atoms with van der Waals surface area (Å²) in [6, 6.07) is 0.476. The Balaban J connectivity index is 2.66. The van der Waals surface area contributed by atoms with Crippen molar-refractivity contribution in [1.29, 1.82) is 0 Å². The van der Waals surface area contributed by atoms with Crippen molar-refractivity contribution in [2.24, 2.45) is 0 Å². The molecule has 0 radical (unpaired) electrons. The van der Waals surface area contributed by atoms with Gasteiger partial charge in [-0.15, -0.1) is 0 Å². The summed E-state index contributed by atoms with van der Waals surface area (Å²) in [6.45, 7) is 4.21. The fourth-order valence-electron chi connectivity index (χ4n) is 2.14. The van der Waals surface area contributed by atoms with Gasteiger partial charge in [-0.05, 0) is 34.4 Å². The van der Waals surface area contributed by atoms with Crippen molar-refractivity contribution in [3.8, 4) is 0 Å². The lowest BCUT2D eigenvalue weighted by molar-refractivity contribution is -0.146. The van der Waals surface area contributed by atoms with Crippen molar-refractivity contribution in [2.75, 3.05) is 21.2 Å². The molecule has 0 aromatic carbocycles. The lowest BCUT2D eigenvalue weighted by Gasteiger charge is -2.41. The third-order valence-corrected chi connectivity index (χ3v) is 2.80. The van der Waals surface area contributed by atoms with Crippen LogP contribution in [0.5, 0.6) is 0 Å². The second-order valence-corrected chi connectivity index (χ2v) is 4.12. The van der Waals surface area contributed by atoms with Crippen molar-refractivity contribution in [3.05, 3.63) is 0 Å². The minimum absolute atomic E-state index is 0.196. The minimum Gasteiger partial charge on any atom is -0.377 e. The van der Waals surface area contributed by atoms with Gasteiger partial charge in [-0.1, -0.05) is 0 Å². The third-order valence-electron chi connectivity index (χ3n) is 2.80. The van der Waals surface area contributed by atoms with Crippen molar-refractivity contribution >= 4 is 0 Å². The van der Waals surface area contributed by atoms with Crippen LogP contribution in [-0.2, 0) is 9.47 Å². The van der Waals surface area contributed by atoms with E-state index in [0.717, 1.165) is 6.42 Å². The Morgan fingerprint density at radius 2 is 1.92 bits per heavy atom. The Labute approximate surface area is 81.0 Å². The zero-order valence-corrected chi connectivity index (χ0v) is 9.28. The standard InChI is InChI=1S/C10H21NO2/c1-7-6-9(11(3)4)10(12-5)8(2)13-7/h7-10H,6H2,1-5H3. The van der Waals surface area contributed by atoms with Crippen LogP contribution >= 0.6 is 0 Å². The number of methoxy groups -OCH3 is 1. The summed E-state index contributed by atoms with van der Waals surface area (Å²) in [5, 5.41) is 0. The molecule has 0 aliphatic carbocycles. The summed E-state index contributed by atoms with van der Waals surface area (Å²) in [7, 11) is 5.96. The zero-order chi connectivity index (χ0) is 10.0. The molecule has 1 aliphatic rings. The van der Waals surface area contributed by atoms with Gasteiger partial charge in [0.05, 0.1) is 18.3 Å². The number of likely N-dealkylation sites (N-methyl/N-ethyl adjacent to an activating group) is 1. The first kappa shape index (κ1) is 11.0. The topological polar surface area (TPSA) is 21.7 Å². The van der Waals surface area contributed by atoms with Crippen molar-refractivity contribution in [1.82, 2.24) is 4.90 Å². The van der Waals surface area contributed by atoms with Gasteiger partial charge in [0.2, 0.25) is 0 Å². The molecule has 0 amide bonds. The van der Waals surface area contributed by atoms with Gasteiger partial charge in [0.1, 0.15) is 0 Å². The average molecular weight is 187 g/mol. The molecule has 1 fully saturated rings. The lowest BCUT2D eigenvalue weighted by atomic mass is 9.96. The van der Waals surface area contributed by atoms with Crippen LogP contribution in [0.4, 0.5) is 0 Å². The van der Waals surface area contributed by atoms with Gasteiger partial charge in [0, 0.05) is 13.2 Å². The van der Waals surface area contributed by atoms with Crippen molar-refractivity contribution in [2.45, 2.75) is 44.6 Å². The molecule has 4 unspecified atom stereocenters. The van der Waals surface area contributed by atoms with E-state index in [1.165, 1.54) is 0 Å². The summed E-state index contributed by atoms with van der Waals surface area (Å²) in [6.07, 6.45) is 1.79. The van der Waals surface area contributed by atoms with Crippen LogP contribution in [0.1, 0.15) is 20.3 Å². The highest BCUT2D eigenvalue weighted by atomic mass is 16.5. The van der Waals surface area contributed by atoms with Crippen molar-refractivity contribution < 1.29 is 9.47 Å². The highest BCUT2D eigenvalue weighted by Gasteiger charge is 2.35. The van der Waals surface area contributed by atoms with E-state index in [1.54, 1.807) is 7.11 Å². The highest BCUT2D eigenvalue weighted by molar-refractivity contribution is 4.87. The van der Waals surface area contributed by atoms with Gasteiger partial charge in [0.25, 0.3) is 0 Å². The molecule has 3 nitrogen and oxygen atoms in total. The highest BCUT2D eigenvalue weighted by Crippen LogP contribution is 2.24. The second-order valence-electron chi connectivity index (χ2n) is 4.12. The van der Waals surface area contributed by atoms with Crippen LogP contribution in [0, 0.1) is 0 Å². The van der Waals surface area contributed by atoms with Gasteiger partial charge >= 0.3 is 0 Å². The molecule has 0 spiro atoms. The Morgan fingerprint density at radius 1 is 1.31 bits per heavy atom. The van der Waals surface area contributed by atoms with Crippen LogP contribution in [0.25, 0.3) is 0 Å². The maximum Gasteiger partial charge on any atom is 0.0985 e. The molecule has 1 saturated heterocycles. The molecule has 4 atom stereocenters. The second kappa shape index (κ2) is 4.40. The zero-order valence-electron chi connectivity index (χ0n) is 9.28. The van der Waals surface area contributed by atoms with Gasteiger partial charge in [-0.2, -0.15) is 0 Å². The fourth-order valence-corrected chi connectivity index (χ4v) is 2.14. The van der Waals surface area contributed by atoms with E-state index in [2.05, 4.69) is 32.8 Å². The van der Waals surface area contributed by atoms with Crippen LogP contribution in [0.2, 0.25) is 0 Å². The number of hydrogen-bond donors (Lipinski definition) is 0. The Hall–Kier alpha value is -0.120. The maximum absolute atomic E-state index is 5.72. The number of hydrogen-bond acceptors (Lipinski definition) is 3. The summed E-state index contributed by atoms with van der Waals surface area (Å²) < 4.78 is 11.2. The summed E-state index contributed by atoms with van der Waals surface area (Å²) >= 11 is 0.